The van der Waals surface area contributed by atoms with Gasteiger partial charge in [-0.3, -0.25) is 9.05 Å². The van der Waals surface area contributed by atoms with Gasteiger partial charge in [-0.1, -0.05) is 0 Å². The lowest BCUT2D eigenvalue weighted by atomic mass is 10.5. The summed E-state index contributed by atoms with van der Waals surface area (Å²) >= 11 is 0. The number of rotatable bonds is 4. The molecular weight excluding hydrogens is 194 g/mol. The summed E-state index contributed by atoms with van der Waals surface area (Å²) in [6.45, 7) is 12.4. The highest BCUT2D eigenvalue weighted by molar-refractivity contribution is 7.48. The maximum absolute atomic E-state index is 12.7. The van der Waals surface area contributed by atoms with Crippen LogP contribution in [0.1, 0.15) is 27.7 Å². The zero-order chi connectivity index (χ0) is 11.1. The van der Waals surface area contributed by atoms with Gasteiger partial charge in [0.05, 0.1) is 12.2 Å². The van der Waals surface area contributed by atoms with Crippen molar-refractivity contribution < 1.29 is 17.8 Å². The molecule has 0 bridgehead atoms. The molecule has 0 aromatic rings. The van der Waals surface area contributed by atoms with Crippen LogP contribution in [0.5, 0.6) is 0 Å². The summed E-state index contributed by atoms with van der Waals surface area (Å²) in [5, 5.41) is 0. The van der Waals surface area contributed by atoms with Crippen LogP contribution in [0, 0.1) is 0 Å². The van der Waals surface area contributed by atoms with Gasteiger partial charge in [-0.15, -0.1) is 17.4 Å². The van der Waals surface area contributed by atoms with E-state index >= 15 is 0 Å². The molecule has 0 spiro atoms. The first-order valence-electron chi connectivity index (χ1n) is 4.00. The second-order valence-electron chi connectivity index (χ2n) is 2.74. The van der Waals surface area contributed by atoms with Crippen LogP contribution < -0.4 is 0 Å². The average Bonchev–Trinajstić information content (AvgIpc) is 1.85. The highest BCUT2D eigenvalue weighted by Gasteiger charge is 2.26. The van der Waals surface area contributed by atoms with Crippen LogP contribution in [0.15, 0.2) is 13.2 Å². The van der Waals surface area contributed by atoms with Crippen molar-refractivity contribution in [3.63, 3.8) is 0 Å². The SMILES string of the molecule is C=C.CC(C)OP(=O)(F)OC(C)C. The molecule has 0 aromatic carbocycles. The summed E-state index contributed by atoms with van der Waals surface area (Å²) in [4.78, 5) is 0. The minimum atomic E-state index is -4.30. The summed E-state index contributed by atoms with van der Waals surface area (Å²) in [5.41, 5.74) is 0. The van der Waals surface area contributed by atoms with Gasteiger partial charge in [0.25, 0.3) is 0 Å². The lowest BCUT2D eigenvalue weighted by molar-refractivity contribution is 0.118. The molecule has 0 aliphatic carbocycles. The average molecular weight is 212 g/mol. The Kier molecular flexibility index (Phi) is 8.53. The summed E-state index contributed by atoms with van der Waals surface area (Å²) in [7, 11) is -4.30. The lowest BCUT2D eigenvalue weighted by Crippen LogP contribution is -2.04. The Labute approximate surface area is 79.6 Å². The van der Waals surface area contributed by atoms with Gasteiger partial charge < -0.3 is 0 Å². The molecule has 3 nitrogen and oxygen atoms in total. The van der Waals surface area contributed by atoms with Crippen LogP contribution in [-0.4, -0.2) is 12.2 Å². The molecule has 13 heavy (non-hydrogen) atoms. The van der Waals surface area contributed by atoms with Crippen molar-refractivity contribution in [2.24, 2.45) is 0 Å². The van der Waals surface area contributed by atoms with E-state index in [1.807, 2.05) is 0 Å². The second-order valence-corrected chi connectivity index (χ2v) is 4.02. The van der Waals surface area contributed by atoms with Crippen molar-refractivity contribution in [1.82, 2.24) is 0 Å². The first-order chi connectivity index (χ1) is 5.83. The quantitative estimate of drug-likeness (QED) is 0.526. The molecule has 0 saturated carbocycles. The third-order valence-electron chi connectivity index (χ3n) is 0.673. The van der Waals surface area contributed by atoms with E-state index in [0.717, 1.165) is 0 Å². The monoisotopic (exact) mass is 212 g/mol. The van der Waals surface area contributed by atoms with Crippen LogP contribution in [0.3, 0.4) is 0 Å². The van der Waals surface area contributed by atoms with Crippen LogP contribution >= 0.6 is 7.91 Å². The van der Waals surface area contributed by atoms with E-state index < -0.39 is 20.1 Å². The van der Waals surface area contributed by atoms with Gasteiger partial charge in [0, 0.05) is 0 Å². The molecule has 5 heteroatoms. The fraction of sp³-hybridized carbons (Fsp3) is 0.750. The summed E-state index contributed by atoms with van der Waals surface area (Å²) in [5.74, 6) is 0. The maximum atomic E-state index is 12.7. The molecule has 0 radical (unpaired) electrons. The van der Waals surface area contributed by atoms with E-state index in [0.29, 0.717) is 0 Å². The van der Waals surface area contributed by atoms with Gasteiger partial charge in [-0.05, 0) is 27.7 Å². The highest BCUT2D eigenvalue weighted by atomic mass is 31.2. The van der Waals surface area contributed by atoms with E-state index in [1.54, 1.807) is 27.7 Å². The molecule has 0 aliphatic rings. The fourth-order valence-corrected chi connectivity index (χ4v) is 1.59. The molecular formula is C8H18FO3P. The smallest absolute Gasteiger partial charge is 0.281 e. The van der Waals surface area contributed by atoms with Crippen LogP contribution in [0.2, 0.25) is 0 Å². The third-order valence-corrected chi connectivity index (χ3v) is 2.02. The van der Waals surface area contributed by atoms with Crippen molar-refractivity contribution in [1.29, 1.82) is 0 Å². The predicted molar refractivity (Wildman–Crippen MR) is 52.4 cm³/mol. The Morgan fingerprint density at radius 3 is 1.46 bits per heavy atom. The Bertz CT molecular complexity index is 157. The molecule has 0 atom stereocenters. The van der Waals surface area contributed by atoms with E-state index in [2.05, 4.69) is 22.2 Å². The highest BCUT2D eigenvalue weighted by Crippen LogP contribution is 2.51. The second kappa shape index (κ2) is 7.25. The molecule has 0 heterocycles. The summed E-state index contributed by atoms with van der Waals surface area (Å²) < 4.78 is 32.3. The predicted octanol–water partition coefficient (Wildman–Crippen LogP) is 3.72. The van der Waals surface area contributed by atoms with E-state index in [4.69, 9.17) is 0 Å². The zero-order valence-corrected chi connectivity index (χ0v) is 9.51. The number of hydrogen-bond donors (Lipinski definition) is 0. The van der Waals surface area contributed by atoms with Crippen molar-refractivity contribution >= 4 is 7.91 Å². The third kappa shape index (κ3) is 11.8. The number of hydrogen-bond acceptors (Lipinski definition) is 3. The molecule has 0 N–H and O–H groups in total. The first-order valence-corrected chi connectivity index (χ1v) is 5.43. The van der Waals surface area contributed by atoms with Gasteiger partial charge in [-0.25, -0.2) is 4.57 Å². The van der Waals surface area contributed by atoms with Crippen molar-refractivity contribution in [3.8, 4) is 0 Å². The fourth-order valence-electron chi connectivity index (χ4n) is 0.528. The Morgan fingerprint density at radius 1 is 1.08 bits per heavy atom. The minimum absolute atomic E-state index is 0.426. The molecule has 0 aliphatic heterocycles. The topological polar surface area (TPSA) is 35.5 Å². The van der Waals surface area contributed by atoms with E-state index in [9.17, 15) is 8.76 Å². The lowest BCUT2D eigenvalue weighted by Gasteiger charge is -2.14. The van der Waals surface area contributed by atoms with Crippen molar-refractivity contribution in [3.05, 3.63) is 13.2 Å². The Balaban J connectivity index is 0. The first kappa shape index (κ1) is 15.3. The van der Waals surface area contributed by atoms with E-state index in [1.165, 1.54) is 0 Å². The largest absolute Gasteiger partial charge is 0.513 e. The zero-order valence-electron chi connectivity index (χ0n) is 8.62. The normalized spacial score (nSPS) is 11.3. The molecule has 0 aromatic heterocycles. The van der Waals surface area contributed by atoms with E-state index in [-0.39, 0.29) is 0 Å². The van der Waals surface area contributed by atoms with Gasteiger partial charge in [-0.2, -0.15) is 0 Å². The van der Waals surface area contributed by atoms with Gasteiger partial charge in [0.1, 0.15) is 0 Å². The Hall–Kier alpha value is -0.180. The van der Waals surface area contributed by atoms with Crippen LogP contribution in [0.25, 0.3) is 0 Å². The maximum Gasteiger partial charge on any atom is 0.513 e. The van der Waals surface area contributed by atoms with Gasteiger partial charge in [0.2, 0.25) is 0 Å². The molecule has 0 amide bonds. The van der Waals surface area contributed by atoms with Crippen LogP contribution in [-0.2, 0) is 13.6 Å². The van der Waals surface area contributed by atoms with Crippen LogP contribution in [0.4, 0.5) is 4.20 Å². The summed E-state index contributed by atoms with van der Waals surface area (Å²) in [6, 6.07) is 0. The molecule has 0 rings (SSSR count). The standard InChI is InChI=1S/C6H14FO3P.C2H4/c1-5(2)9-11(7,8)10-6(3)4;1-2/h5-6H,1-4H3;1-2H2. The molecule has 0 unspecified atom stereocenters. The van der Waals surface area contributed by atoms with Gasteiger partial charge in [0.15, 0.2) is 0 Å². The molecule has 80 valence electrons. The van der Waals surface area contributed by atoms with Gasteiger partial charge >= 0.3 is 7.91 Å². The van der Waals surface area contributed by atoms with Crippen molar-refractivity contribution in [2.45, 2.75) is 39.9 Å². The molecule has 0 saturated heterocycles. The summed E-state index contributed by atoms with van der Waals surface area (Å²) in [6.07, 6.45) is -0.853. The minimum Gasteiger partial charge on any atom is -0.281 e. The van der Waals surface area contributed by atoms with Crippen molar-refractivity contribution in [2.75, 3.05) is 0 Å². The molecule has 0 fully saturated rings. The number of halogens is 1. The Morgan fingerprint density at radius 2 is 1.31 bits per heavy atom.